The van der Waals surface area contributed by atoms with Crippen molar-refractivity contribution >= 4 is 5.91 Å². The zero-order valence-corrected chi connectivity index (χ0v) is 7.05. The molecule has 0 aromatic heterocycles. The Hall–Kier alpha value is -0.790. The molecular formula is C9H15NO. The molecule has 0 fully saturated rings. The molecule has 0 N–H and O–H groups in total. The van der Waals surface area contributed by atoms with Crippen LogP contribution in [0.4, 0.5) is 0 Å². The van der Waals surface area contributed by atoms with Crippen molar-refractivity contribution in [2.24, 2.45) is 0 Å². The quantitative estimate of drug-likeness (QED) is 0.565. The molecule has 0 aromatic carbocycles. The van der Waals surface area contributed by atoms with E-state index in [0.29, 0.717) is 6.42 Å². The highest BCUT2D eigenvalue weighted by Crippen LogP contribution is 2.07. The number of carbonyl (C=O) groups is 1. The summed E-state index contributed by atoms with van der Waals surface area (Å²) in [5, 5.41) is 0. The fraction of sp³-hybridized carbons (Fsp3) is 0.667. The molecule has 1 aliphatic heterocycles. The van der Waals surface area contributed by atoms with Gasteiger partial charge in [0.05, 0.1) is 0 Å². The Morgan fingerprint density at radius 2 is 2.36 bits per heavy atom. The molecule has 0 spiro atoms. The summed E-state index contributed by atoms with van der Waals surface area (Å²) in [4.78, 5) is 12.8. The zero-order chi connectivity index (χ0) is 8.10. The lowest BCUT2D eigenvalue weighted by Crippen LogP contribution is -2.21. The number of unbranched alkanes of at least 4 members (excludes halogenated alkanes) is 2. The van der Waals surface area contributed by atoms with Crippen molar-refractivity contribution < 1.29 is 4.79 Å². The molecule has 62 valence electrons. The van der Waals surface area contributed by atoms with Crippen molar-refractivity contribution in [2.45, 2.75) is 32.6 Å². The van der Waals surface area contributed by atoms with Crippen LogP contribution < -0.4 is 0 Å². The van der Waals surface area contributed by atoms with Gasteiger partial charge in [0.15, 0.2) is 0 Å². The molecule has 0 unspecified atom stereocenters. The second-order valence-corrected chi connectivity index (χ2v) is 2.88. The van der Waals surface area contributed by atoms with Crippen molar-refractivity contribution in [3.63, 3.8) is 0 Å². The maximum atomic E-state index is 11.0. The van der Waals surface area contributed by atoms with Gasteiger partial charge in [-0.25, -0.2) is 0 Å². The largest absolute Gasteiger partial charge is 0.319 e. The Bertz CT molecular complexity index is 163. The Labute approximate surface area is 67.9 Å². The number of carbonyl (C=O) groups excluding carboxylic acids is 1. The maximum Gasteiger partial charge on any atom is 0.230 e. The van der Waals surface area contributed by atoms with Gasteiger partial charge in [0, 0.05) is 19.2 Å². The van der Waals surface area contributed by atoms with E-state index in [1.807, 2.05) is 17.2 Å². The molecule has 1 aliphatic rings. The predicted octanol–water partition coefficient (Wildman–Crippen LogP) is 1.92. The second-order valence-electron chi connectivity index (χ2n) is 2.88. The van der Waals surface area contributed by atoms with Crippen LogP contribution >= 0.6 is 0 Å². The van der Waals surface area contributed by atoms with Gasteiger partial charge in [0.1, 0.15) is 0 Å². The van der Waals surface area contributed by atoms with Gasteiger partial charge >= 0.3 is 0 Å². The summed E-state index contributed by atoms with van der Waals surface area (Å²) in [6.07, 6.45) is 7.99. The van der Waals surface area contributed by atoms with Crippen LogP contribution in [0.15, 0.2) is 12.3 Å². The van der Waals surface area contributed by atoms with E-state index in [4.69, 9.17) is 0 Å². The third-order valence-corrected chi connectivity index (χ3v) is 1.90. The molecule has 1 heterocycles. The lowest BCUT2D eigenvalue weighted by atomic mass is 10.2. The van der Waals surface area contributed by atoms with E-state index < -0.39 is 0 Å². The first-order chi connectivity index (χ1) is 5.34. The molecule has 2 heteroatoms. The lowest BCUT2D eigenvalue weighted by molar-refractivity contribution is -0.126. The van der Waals surface area contributed by atoms with Crippen molar-refractivity contribution in [3.05, 3.63) is 12.3 Å². The highest BCUT2D eigenvalue weighted by Gasteiger charge is 2.12. The molecule has 0 aliphatic carbocycles. The van der Waals surface area contributed by atoms with Gasteiger partial charge in [0.2, 0.25) is 5.91 Å². The van der Waals surface area contributed by atoms with Gasteiger partial charge in [-0.15, -0.1) is 0 Å². The van der Waals surface area contributed by atoms with Crippen LogP contribution in [0, 0.1) is 0 Å². The molecule has 0 radical (unpaired) electrons. The number of hydrogen-bond donors (Lipinski definition) is 0. The third kappa shape index (κ3) is 2.37. The van der Waals surface area contributed by atoms with Gasteiger partial charge in [-0.05, 0) is 6.42 Å². The first-order valence-electron chi connectivity index (χ1n) is 4.30. The van der Waals surface area contributed by atoms with E-state index in [-0.39, 0.29) is 5.91 Å². The Kier molecular flexibility index (Phi) is 3.14. The topological polar surface area (TPSA) is 20.3 Å². The van der Waals surface area contributed by atoms with E-state index in [1.54, 1.807) is 0 Å². The molecule has 0 aromatic rings. The molecule has 0 atom stereocenters. The average molecular weight is 153 g/mol. The van der Waals surface area contributed by atoms with Crippen LogP contribution in [0.25, 0.3) is 0 Å². The third-order valence-electron chi connectivity index (χ3n) is 1.90. The second kappa shape index (κ2) is 4.16. The van der Waals surface area contributed by atoms with Crippen LogP contribution in [0.1, 0.15) is 32.6 Å². The van der Waals surface area contributed by atoms with Crippen LogP contribution in [0.3, 0.4) is 0 Å². The summed E-state index contributed by atoms with van der Waals surface area (Å²) in [7, 11) is 0. The first-order valence-corrected chi connectivity index (χ1v) is 4.30. The summed E-state index contributed by atoms with van der Waals surface area (Å²) in [5.41, 5.74) is 0. The van der Waals surface area contributed by atoms with E-state index in [0.717, 1.165) is 13.0 Å². The SMILES string of the molecule is CCCCCN1C=CCC1=O. The normalized spacial score (nSPS) is 16.5. The molecule has 0 saturated carbocycles. The van der Waals surface area contributed by atoms with E-state index in [9.17, 15) is 4.79 Å². The summed E-state index contributed by atoms with van der Waals surface area (Å²) >= 11 is 0. The summed E-state index contributed by atoms with van der Waals surface area (Å²) in [6.45, 7) is 3.07. The maximum absolute atomic E-state index is 11.0. The number of nitrogens with zero attached hydrogens (tertiary/aromatic N) is 1. The number of rotatable bonds is 4. The van der Waals surface area contributed by atoms with Crippen molar-refractivity contribution in [2.75, 3.05) is 6.54 Å². The van der Waals surface area contributed by atoms with E-state index >= 15 is 0 Å². The van der Waals surface area contributed by atoms with Crippen molar-refractivity contribution in [1.29, 1.82) is 0 Å². The summed E-state index contributed by atoms with van der Waals surface area (Å²) in [6, 6.07) is 0. The lowest BCUT2D eigenvalue weighted by Gasteiger charge is -2.12. The smallest absolute Gasteiger partial charge is 0.230 e. The van der Waals surface area contributed by atoms with Gasteiger partial charge in [-0.3, -0.25) is 4.79 Å². The zero-order valence-electron chi connectivity index (χ0n) is 7.05. The highest BCUT2D eigenvalue weighted by molar-refractivity contribution is 5.81. The fourth-order valence-corrected chi connectivity index (χ4v) is 1.21. The molecule has 0 bridgehead atoms. The Balaban J connectivity index is 2.15. The van der Waals surface area contributed by atoms with Crippen LogP contribution in [-0.2, 0) is 4.79 Å². The van der Waals surface area contributed by atoms with Crippen LogP contribution in [0.2, 0.25) is 0 Å². The minimum atomic E-state index is 0.251. The number of amides is 1. The molecule has 2 nitrogen and oxygen atoms in total. The minimum Gasteiger partial charge on any atom is -0.319 e. The van der Waals surface area contributed by atoms with Crippen LogP contribution in [-0.4, -0.2) is 17.4 Å². The van der Waals surface area contributed by atoms with Gasteiger partial charge in [-0.1, -0.05) is 25.8 Å². The van der Waals surface area contributed by atoms with E-state index in [1.165, 1.54) is 12.8 Å². The molecule has 11 heavy (non-hydrogen) atoms. The molecule has 1 amide bonds. The van der Waals surface area contributed by atoms with Gasteiger partial charge in [0.25, 0.3) is 0 Å². The van der Waals surface area contributed by atoms with E-state index in [2.05, 4.69) is 6.92 Å². The first kappa shape index (κ1) is 8.31. The highest BCUT2D eigenvalue weighted by atomic mass is 16.2. The standard InChI is InChI=1S/C9H15NO/c1-2-3-4-7-10-8-5-6-9(10)11/h5,8H,2-4,6-7H2,1H3. The van der Waals surface area contributed by atoms with Gasteiger partial charge < -0.3 is 4.90 Å². The average Bonchev–Trinajstić information content (AvgIpc) is 2.37. The van der Waals surface area contributed by atoms with Crippen molar-refractivity contribution in [3.8, 4) is 0 Å². The molecular weight excluding hydrogens is 138 g/mol. The van der Waals surface area contributed by atoms with Crippen LogP contribution in [0.5, 0.6) is 0 Å². The fourth-order valence-electron chi connectivity index (χ4n) is 1.21. The summed E-state index contributed by atoms with van der Waals surface area (Å²) in [5.74, 6) is 0.251. The summed E-state index contributed by atoms with van der Waals surface area (Å²) < 4.78 is 0. The van der Waals surface area contributed by atoms with Crippen molar-refractivity contribution in [1.82, 2.24) is 4.90 Å². The van der Waals surface area contributed by atoms with Gasteiger partial charge in [-0.2, -0.15) is 0 Å². The number of hydrogen-bond acceptors (Lipinski definition) is 1. The monoisotopic (exact) mass is 153 g/mol. The predicted molar refractivity (Wildman–Crippen MR) is 45.0 cm³/mol. The Morgan fingerprint density at radius 3 is 2.91 bits per heavy atom. The Morgan fingerprint density at radius 1 is 1.55 bits per heavy atom. The minimum absolute atomic E-state index is 0.251. The molecule has 1 rings (SSSR count). The molecule has 0 saturated heterocycles.